The number of benzene rings is 2. The van der Waals surface area contributed by atoms with Gasteiger partial charge in [0.1, 0.15) is 22.9 Å². The molecule has 0 spiro atoms. The number of halogens is 1. The Morgan fingerprint density at radius 1 is 0.900 bits per heavy atom. The number of phenolic OH excluding ortho intramolecular Hbond substituents is 3. The van der Waals surface area contributed by atoms with Crippen LogP contribution in [0.4, 0.5) is 5.69 Å². The van der Waals surface area contributed by atoms with Gasteiger partial charge in [-0.3, -0.25) is 0 Å². The van der Waals surface area contributed by atoms with Gasteiger partial charge in [0.05, 0.1) is 0 Å². The Balaban J connectivity index is 0.000000192. The molecular weight excluding hydrogens is 284 g/mol. The van der Waals surface area contributed by atoms with Gasteiger partial charge in [0.15, 0.2) is 17.5 Å². The van der Waals surface area contributed by atoms with Crippen molar-refractivity contribution in [3.63, 3.8) is 0 Å². The lowest BCUT2D eigenvalue weighted by atomic mass is 10.3. The molecule has 2 aromatic carbocycles. The number of oxazole rings is 1. The molecule has 20 heavy (non-hydrogen) atoms. The molecule has 6 nitrogen and oxygen atoms in total. The Hall–Kier alpha value is -2.60. The number of hydrogen-bond acceptors (Lipinski definition) is 6. The van der Waals surface area contributed by atoms with Crippen LogP contribution in [0, 0.1) is 0 Å². The van der Waals surface area contributed by atoms with Crippen LogP contribution in [0.25, 0.3) is 11.1 Å². The molecule has 0 saturated carbocycles. The summed E-state index contributed by atoms with van der Waals surface area (Å²) in [6.45, 7) is 0. The largest absolute Gasteiger partial charge is 0.506 e. The number of phenols is 3. The minimum atomic E-state index is -0.0880. The van der Waals surface area contributed by atoms with E-state index in [1.807, 2.05) is 0 Å². The van der Waals surface area contributed by atoms with Gasteiger partial charge in [0.2, 0.25) is 0 Å². The zero-order valence-corrected chi connectivity index (χ0v) is 11.0. The average Bonchev–Trinajstić information content (AvgIpc) is 2.86. The molecule has 0 aliphatic rings. The summed E-state index contributed by atoms with van der Waals surface area (Å²) in [4.78, 5) is 3.80. The third-order valence-corrected chi connectivity index (χ3v) is 2.40. The van der Waals surface area contributed by atoms with Crippen molar-refractivity contribution >= 4 is 29.2 Å². The van der Waals surface area contributed by atoms with Crippen molar-refractivity contribution in [2.45, 2.75) is 0 Å². The number of nitrogens with zero attached hydrogens (tertiary/aromatic N) is 1. The van der Waals surface area contributed by atoms with Gasteiger partial charge in [0, 0.05) is 0 Å². The maximum absolute atomic E-state index is 9.14. The maximum Gasteiger partial charge on any atom is 0.182 e. The molecule has 106 valence electrons. The SMILES string of the molecule is Cl.Nc1c(O)cccc1O.Oc1cccc2ocnc12. The highest BCUT2D eigenvalue weighted by Crippen LogP contribution is 2.28. The van der Waals surface area contributed by atoms with Crippen molar-refractivity contribution in [3.8, 4) is 17.2 Å². The highest BCUT2D eigenvalue weighted by Gasteiger charge is 2.00. The Morgan fingerprint density at radius 2 is 1.45 bits per heavy atom. The second kappa shape index (κ2) is 6.53. The van der Waals surface area contributed by atoms with Crippen molar-refractivity contribution in [2.24, 2.45) is 0 Å². The number of aromatic hydroxyl groups is 3. The van der Waals surface area contributed by atoms with Crippen LogP contribution in [-0.4, -0.2) is 20.3 Å². The second-order valence-corrected chi connectivity index (χ2v) is 3.69. The van der Waals surface area contributed by atoms with Gasteiger partial charge in [0.25, 0.3) is 0 Å². The van der Waals surface area contributed by atoms with Crippen LogP contribution in [0.2, 0.25) is 0 Å². The minimum Gasteiger partial charge on any atom is -0.506 e. The monoisotopic (exact) mass is 296 g/mol. The van der Waals surface area contributed by atoms with E-state index in [0.717, 1.165) is 0 Å². The lowest BCUT2D eigenvalue weighted by Gasteiger charge is -1.98. The molecule has 7 heteroatoms. The van der Waals surface area contributed by atoms with Crippen molar-refractivity contribution in [2.75, 3.05) is 5.73 Å². The molecule has 0 bridgehead atoms. The minimum absolute atomic E-state index is 0. The van der Waals surface area contributed by atoms with E-state index in [0.29, 0.717) is 11.1 Å². The molecular formula is C13H13ClN2O4. The van der Waals surface area contributed by atoms with Gasteiger partial charge in [-0.1, -0.05) is 12.1 Å². The van der Waals surface area contributed by atoms with Crippen LogP contribution >= 0.6 is 12.4 Å². The van der Waals surface area contributed by atoms with E-state index in [1.54, 1.807) is 18.2 Å². The molecule has 1 heterocycles. The van der Waals surface area contributed by atoms with Crippen LogP contribution in [0.15, 0.2) is 47.2 Å². The molecule has 1 aromatic heterocycles. The third kappa shape index (κ3) is 3.24. The predicted molar refractivity (Wildman–Crippen MR) is 77.1 cm³/mol. The first-order valence-electron chi connectivity index (χ1n) is 5.37. The average molecular weight is 297 g/mol. The van der Waals surface area contributed by atoms with Crippen LogP contribution in [0.3, 0.4) is 0 Å². The van der Waals surface area contributed by atoms with Crippen molar-refractivity contribution < 1.29 is 19.7 Å². The van der Waals surface area contributed by atoms with Gasteiger partial charge < -0.3 is 25.5 Å². The van der Waals surface area contributed by atoms with Gasteiger partial charge in [-0.25, -0.2) is 4.98 Å². The van der Waals surface area contributed by atoms with E-state index in [2.05, 4.69) is 4.98 Å². The molecule has 0 fully saturated rings. The highest BCUT2D eigenvalue weighted by atomic mass is 35.5. The summed E-state index contributed by atoms with van der Waals surface area (Å²) in [6, 6.07) is 9.38. The second-order valence-electron chi connectivity index (χ2n) is 3.69. The normalized spacial score (nSPS) is 9.40. The number of nitrogen functional groups attached to an aromatic ring is 1. The lowest BCUT2D eigenvalue weighted by Crippen LogP contribution is -1.84. The van der Waals surface area contributed by atoms with Gasteiger partial charge >= 0.3 is 0 Å². The number of nitrogens with two attached hydrogens (primary N) is 1. The van der Waals surface area contributed by atoms with Crippen molar-refractivity contribution in [1.82, 2.24) is 4.98 Å². The summed E-state index contributed by atoms with van der Waals surface area (Å²) in [5, 5.41) is 26.8. The number of aromatic nitrogens is 1. The zero-order valence-electron chi connectivity index (χ0n) is 10.2. The van der Waals surface area contributed by atoms with E-state index in [1.165, 1.54) is 24.6 Å². The molecule has 0 amide bonds. The van der Waals surface area contributed by atoms with Crippen LogP contribution < -0.4 is 5.73 Å². The lowest BCUT2D eigenvalue weighted by molar-refractivity contribution is 0.455. The van der Waals surface area contributed by atoms with Crippen LogP contribution in [-0.2, 0) is 0 Å². The Labute approximate surface area is 120 Å². The van der Waals surface area contributed by atoms with Crippen LogP contribution in [0.5, 0.6) is 17.2 Å². The molecule has 0 unspecified atom stereocenters. The summed E-state index contributed by atoms with van der Waals surface area (Å²) in [5.74, 6) is -0.0174. The summed E-state index contributed by atoms with van der Waals surface area (Å²) >= 11 is 0. The molecule has 0 aliphatic heterocycles. The summed E-state index contributed by atoms with van der Waals surface area (Å²) < 4.78 is 4.93. The first-order chi connectivity index (χ1) is 9.09. The maximum atomic E-state index is 9.14. The molecule has 0 aliphatic carbocycles. The van der Waals surface area contributed by atoms with Crippen molar-refractivity contribution in [3.05, 3.63) is 42.8 Å². The predicted octanol–water partition coefficient (Wildman–Crippen LogP) is 2.64. The molecule has 3 rings (SSSR count). The summed E-state index contributed by atoms with van der Waals surface area (Å²) in [5.41, 5.74) is 6.33. The molecule has 3 aromatic rings. The molecule has 5 N–H and O–H groups in total. The number of fused-ring (bicyclic) bond motifs is 1. The topological polar surface area (TPSA) is 113 Å². The van der Waals surface area contributed by atoms with Crippen LogP contribution in [0.1, 0.15) is 0 Å². The van der Waals surface area contributed by atoms with Crippen molar-refractivity contribution in [1.29, 1.82) is 0 Å². The number of anilines is 1. The molecule has 0 atom stereocenters. The highest BCUT2D eigenvalue weighted by molar-refractivity contribution is 5.85. The Morgan fingerprint density at radius 3 is 2.00 bits per heavy atom. The number of rotatable bonds is 0. The Kier molecular flexibility index (Phi) is 5.05. The molecule has 0 saturated heterocycles. The summed E-state index contributed by atoms with van der Waals surface area (Å²) in [7, 11) is 0. The third-order valence-electron chi connectivity index (χ3n) is 2.40. The van der Waals surface area contributed by atoms with E-state index in [4.69, 9.17) is 25.5 Å². The Bertz CT molecular complexity index is 679. The van der Waals surface area contributed by atoms with Gasteiger partial charge in [-0.2, -0.15) is 0 Å². The smallest absolute Gasteiger partial charge is 0.182 e. The van der Waals surface area contributed by atoms with E-state index >= 15 is 0 Å². The first-order valence-corrected chi connectivity index (χ1v) is 5.37. The quantitative estimate of drug-likeness (QED) is 0.375. The fourth-order valence-corrected chi connectivity index (χ4v) is 1.41. The standard InChI is InChI=1S/C7H5NO2.C6H7NO2.ClH/c9-5-2-1-3-6-7(5)8-4-10-6;7-6-4(8)2-1-3-5(6)9;/h1-4,9H;1-3,8-9H,7H2;1H. The first kappa shape index (κ1) is 15.5. The van der Waals surface area contributed by atoms with E-state index < -0.39 is 0 Å². The van der Waals surface area contributed by atoms with E-state index in [9.17, 15) is 0 Å². The van der Waals surface area contributed by atoms with E-state index in [-0.39, 0.29) is 35.3 Å². The fraction of sp³-hybridized carbons (Fsp3) is 0. The van der Waals surface area contributed by atoms with Gasteiger partial charge in [-0.15, -0.1) is 12.4 Å². The number of para-hydroxylation sites is 2. The van der Waals surface area contributed by atoms with Gasteiger partial charge in [-0.05, 0) is 24.3 Å². The zero-order chi connectivity index (χ0) is 13.8. The fourth-order valence-electron chi connectivity index (χ4n) is 1.41. The number of hydrogen-bond donors (Lipinski definition) is 4. The molecule has 0 radical (unpaired) electrons. The summed E-state index contributed by atoms with van der Waals surface area (Å²) in [6.07, 6.45) is 1.31.